The van der Waals surface area contributed by atoms with Crippen LogP contribution in [0.2, 0.25) is 0 Å². The summed E-state index contributed by atoms with van der Waals surface area (Å²) in [7, 11) is 0. The molecule has 1 rings (SSSR count). The van der Waals surface area contributed by atoms with E-state index in [1.807, 2.05) is 30.4 Å². The summed E-state index contributed by atoms with van der Waals surface area (Å²) in [5, 5.41) is 3.73. The van der Waals surface area contributed by atoms with Crippen LogP contribution in [0.15, 0.2) is 4.52 Å². The Morgan fingerprint density at radius 1 is 1.31 bits per heavy atom. The minimum Gasteiger partial charge on any atom is -0.338 e. The second kappa shape index (κ2) is 6.32. The van der Waals surface area contributed by atoms with Gasteiger partial charge in [-0.15, -0.1) is 0 Å². The van der Waals surface area contributed by atoms with Gasteiger partial charge in [0, 0.05) is 11.5 Å². The van der Waals surface area contributed by atoms with Gasteiger partial charge >= 0.3 is 0 Å². The highest BCUT2D eigenvalue weighted by molar-refractivity contribution is 8.02. The molecule has 0 amide bonds. The van der Waals surface area contributed by atoms with Crippen molar-refractivity contribution >= 4 is 23.5 Å². The molecular weight excluding hydrogens is 204 g/mol. The van der Waals surface area contributed by atoms with Crippen molar-refractivity contribution in [1.82, 2.24) is 10.1 Å². The second-order valence-corrected chi connectivity index (χ2v) is 4.98. The predicted octanol–water partition coefficient (Wildman–Crippen LogP) is 2.36. The van der Waals surface area contributed by atoms with Gasteiger partial charge in [-0.2, -0.15) is 28.5 Å². The van der Waals surface area contributed by atoms with Crippen LogP contribution in [0.3, 0.4) is 0 Å². The largest absolute Gasteiger partial charge is 0.338 e. The summed E-state index contributed by atoms with van der Waals surface area (Å²) in [5.41, 5.74) is 0. The first-order valence-electron chi connectivity index (χ1n) is 4.27. The topological polar surface area (TPSA) is 38.9 Å². The standard InChI is InChI=1S/C8H14N2OS2/c1-3-12-4-5-13-6-8-9-7(2)10-11-8/h3-6H2,1-2H3. The van der Waals surface area contributed by atoms with Crippen LogP contribution in [-0.4, -0.2) is 27.4 Å². The van der Waals surface area contributed by atoms with Crippen LogP contribution in [0.5, 0.6) is 0 Å². The van der Waals surface area contributed by atoms with Gasteiger partial charge in [0.05, 0.1) is 5.75 Å². The number of hydrogen-bond donors (Lipinski definition) is 0. The molecule has 0 spiro atoms. The zero-order chi connectivity index (χ0) is 9.52. The van der Waals surface area contributed by atoms with Crippen molar-refractivity contribution in [3.8, 4) is 0 Å². The first-order chi connectivity index (χ1) is 6.33. The molecule has 0 aliphatic carbocycles. The van der Waals surface area contributed by atoms with Gasteiger partial charge in [-0.1, -0.05) is 12.1 Å². The Morgan fingerprint density at radius 3 is 2.69 bits per heavy atom. The Hall–Kier alpha value is -0.160. The summed E-state index contributed by atoms with van der Waals surface area (Å²) in [6, 6.07) is 0. The molecule has 0 radical (unpaired) electrons. The van der Waals surface area contributed by atoms with Crippen LogP contribution >= 0.6 is 23.5 Å². The lowest BCUT2D eigenvalue weighted by Crippen LogP contribution is -1.87. The van der Waals surface area contributed by atoms with Crippen LogP contribution in [0, 0.1) is 6.92 Å². The van der Waals surface area contributed by atoms with E-state index in [-0.39, 0.29) is 0 Å². The second-order valence-electron chi connectivity index (χ2n) is 2.48. The maximum absolute atomic E-state index is 4.98. The van der Waals surface area contributed by atoms with Gasteiger partial charge in [-0.05, 0) is 12.7 Å². The van der Waals surface area contributed by atoms with Gasteiger partial charge in [0.2, 0.25) is 5.89 Å². The van der Waals surface area contributed by atoms with Gasteiger partial charge in [0.25, 0.3) is 0 Å². The highest BCUT2D eigenvalue weighted by Crippen LogP contribution is 2.12. The third-order valence-corrected chi connectivity index (χ3v) is 3.47. The smallest absolute Gasteiger partial charge is 0.236 e. The zero-order valence-corrected chi connectivity index (χ0v) is 9.58. The quantitative estimate of drug-likeness (QED) is 0.685. The number of hydrogen-bond acceptors (Lipinski definition) is 5. The average molecular weight is 218 g/mol. The summed E-state index contributed by atoms with van der Waals surface area (Å²) in [4.78, 5) is 4.12. The lowest BCUT2D eigenvalue weighted by Gasteiger charge is -1.96. The Kier molecular flexibility index (Phi) is 5.31. The molecule has 1 heterocycles. The van der Waals surface area contributed by atoms with E-state index in [0.29, 0.717) is 0 Å². The molecule has 1 aromatic rings. The molecule has 0 aliphatic rings. The van der Waals surface area contributed by atoms with Crippen LogP contribution in [0.25, 0.3) is 0 Å². The fourth-order valence-electron chi connectivity index (χ4n) is 0.820. The van der Waals surface area contributed by atoms with Crippen LogP contribution < -0.4 is 0 Å². The Balaban J connectivity index is 2.06. The molecule has 0 saturated carbocycles. The Morgan fingerprint density at radius 2 is 2.08 bits per heavy atom. The number of rotatable bonds is 6. The van der Waals surface area contributed by atoms with Crippen molar-refractivity contribution < 1.29 is 4.52 Å². The summed E-state index contributed by atoms with van der Waals surface area (Å²) in [6.07, 6.45) is 0. The monoisotopic (exact) mass is 218 g/mol. The average Bonchev–Trinajstić information content (AvgIpc) is 2.51. The molecular formula is C8H14N2OS2. The molecule has 5 heteroatoms. The SMILES string of the molecule is CCSCCSCc1nc(C)no1. The molecule has 0 unspecified atom stereocenters. The first kappa shape index (κ1) is 10.9. The molecule has 0 fully saturated rings. The third kappa shape index (κ3) is 4.57. The van der Waals surface area contributed by atoms with Crippen LogP contribution in [0.1, 0.15) is 18.6 Å². The van der Waals surface area contributed by atoms with E-state index in [0.717, 1.165) is 23.2 Å². The molecule has 0 atom stereocenters. The van der Waals surface area contributed by atoms with Crippen molar-refractivity contribution in [2.75, 3.05) is 17.3 Å². The molecule has 3 nitrogen and oxygen atoms in total. The van der Waals surface area contributed by atoms with Gasteiger partial charge in [0.15, 0.2) is 5.82 Å². The van der Waals surface area contributed by atoms with Crippen molar-refractivity contribution in [2.45, 2.75) is 19.6 Å². The van der Waals surface area contributed by atoms with Gasteiger partial charge < -0.3 is 4.52 Å². The molecule has 0 saturated heterocycles. The molecule has 13 heavy (non-hydrogen) atoms. The molecule has 1 aromatic heterocycles. The summed E-state index contributed by atoms with van der Waals surface area (Å²) >= 11 is 3.80. The predicted molar refractivity (Wildman–Crippen MR) is 58.2 cm³/mol. The lowest BCUT2D eigenvalue weighted by molar-refractivity contribution is 0.387. The van der Waals surface area contributed by atoms with Crippen molar-refractivity contribution in [3.05, 3.63) is 11.7 Å². The van der Waals surface area contributed by atoms with E-state index in [2.05, 4.69) is 17.1 Å². The molecule has 0 aliphatic heterocycles. The van der Waals surface area contributed by atoms with Crippen molar-refractivity contribution in [2.24, 2.45) is 0 Å². The lowest BCUT2D eigenvalue weighted by atomic mass is 10.7. The first-order valence-corrected chi connectivity index (χ1v) is 6.58. The highest BCUT2D eigenvalue weighted by atomic mass is 32.2. The van der Waals surface area contributed by atoms with E-state index in [1.165, 1.54) is 11.5 Å². The minimum absolute atomic E-state index is 0.721. The van der Waals surface area contributed by atoms with E-state index in [9.17, 15) is 0 Å². The number of aromatic nitrogens is 2. The van der Waals surface area contributed by atoms with Crippen LogP contribution in [0.4, 0.5) is 0 Å². The fraction of sp³-hybridized carbons (Fsp3) is 0.750. The minimum atomic E-state index is 0.721. The van der Waals surface area contributed by atoms with E-state index in [1.54, 1.807) is 0 Å². The number of aryl methyl sites for hydroxylation is 1. The van der Waals surface area contributed by atoms with Crippen molar-refractivity contribution in [3.63, 3.8) is 0 Å². The number of nitrogens with zero attached hydrogens (tertiary/aromatic N) is 2. The summed E-state index contributed by atoms with van der Waals surface area (Å²) in [6.45, 7) is 4.02. The normalized spacial score (nSPS) is 10.6. The van der Waals surface area contributed by atoms with Gasteiger partial charge in [-0.25, -0.2) is 0 Å². The molecule has 0 aromatic carbocycles. The zero-order valence-electron chi connectivity index (χ0n) is 7.95. The molecule has 0 N–H and O–H groups in total. The van der Waals surface area contributed by atoms with E-state index >= 15 is 0 Å². The maximum Gasteiger partial charge on any atom is 0.236 e. The van der Waals surface area contributed by atoms with E-state index < -0.39 is 0 Å². The van der Waals surface area contributed by atoms with Crippen LogP contribution in [-0.2, 0) is 5.75 Å². The highest BCUT2D eigenvalue weighted by Gasteiger charge is 2.01. The Labute approximate surface area is 87.1 Å². The summed E-state index contributed by atoms with van der Waals surface area (Å²) in [5.74, 6) is 5.85. The van der Waals surface area contributed by atoms with Gasteiger partial charge in [0.1, 0.15) is 0 Å². The number of thioether (sulfide) groups is 2. The van der Waals surface area contributed by atoms with Crippen molar-refractivity contribution in [1.29, 1.82) is 0 Å². The van der Waals surface area contributed by atoms with E-state index in [4.69, 9.17) is 4.52 Å². The fourth-order valence-corrected chi connectivity index (χ4v) is 2.49. The molecule has 74 valence electrons. The Bertz CT molecular complexity index is 240. The summed E-state index contributed by atoms with van der Waals surface area (Å²) < 4.78 is 4.98. The maximum atomic E-state index is 4.98. The molecule has 0 bridgehead atoms. The third-order valence-electron chi connectivity index (χ3n) is 1.37. The van der Waals surface area contributed by atoms with Gasteiger partial charge in [-0.3, -0.25) is 0 Å².